The van der Waals surface area contributed by atoms with E-state index in [4.69, 9.17) is 0 Å². The molecule has 0 amide bonds. The predicted molar refractivity (Wildman–Crippen MR) is 89.1 cm³/mol. The maximum absolute atomic E-state index is 12.4. The third-order valence-electron chi connectivity index (χ3n) is 2.95. The van der Waals surface area contributed by atoms with Gasteiger partial charge in [0.2, 0.25) is 0 Å². The van der Waals surface area contributed by atoms with Crippen LogP contribution in [0.25, 0.3) is 6.08 Å². The van der Waals surface area contributed by atoms with E-state index in [9.17, 15) is 4.79 Å². The van der Waals surface area contributed by atoms with Gasteiger partial charge < -0.3 is 5.01 Å². The van der Waals surface area contributed by atoms with Crippen molar-refractivity contribution in [1.29, 1.82) is 0 Å². The summed E-state index contributed by atoms with van der Waals surface area (Å²) in [5, 5.41) is 7.86. The minimum atomic E-state index is 0.158. The smallest absolute Gasteiger partial charge is 0.185 e. The van der Waals surface area contributed by atoms with E-state index >= 15 is 0 Å². The fourth-order valence-corrected chi connectivity index (χ4v) is 3.43. The summed E-state index contributed by atoms with van der Waals surface area (Å²) < 4.78 is 1.06. The quantitative estimate of drug-likeness (QED) is 0.465. The number of hydrazone groups is 1. The van der Waals surface area contributed by atoms with Crippen LogP contribution >= 0.6 is 27.3 Å². The second kappa shape index (κ2) is 6.99. The molecule has 1 aromatic heterocycles. The summed E-state index contributed by atoms with van der Waals surface area (Å²) in [6, 6.07) is 2.04. The van der Waals surface area contributed by atoms with Gasteiger partial charge in [-0.15, -0.1) is 11.3 Å². The minimum absolute atomic E-state index is 0.158. The van der Waals surface area contributed by atoms with Gasteiger partial charge in [0, 0.05) is 46.2 Å². The van der Waals surface area contributed by atoms with Crippen molar-refractivity contribution in [2.45, 2.75) is 19.3 Å². The number of carbonyl (C=O) groups excluding carboxylic acids is 1. The molecule has 0 N–H and O–H groups in total. The molecule has 0 unspecified atom stereocenters. The van der Waals surface area contributed by atoms with Crippen molar-refractivity contribution in [3.05, 3.63) is 38.0 Å². The molecule has 2 rings (SSSR count). The molecule has 1 heterocycles. The van der Waals surface area contributed by atoms with Gasteiger partial charge >= 0.3 is 0 Å². The summed E-state index contributed by atoms with van der Waals surface area (Å²) in [5.41, 5.74) is 1.75. The second-order valence-electron chi connectivity index (χ2n) is 4.82. The molecule has 0 radical (unpaired) electrons. The number of rotatable bonds is 3. The number of allylic oxidation sites excluding steroid dienone is 3. The predicted octanol–water partition coefficient (Wildman–Crippen LogP) is 4.12. The number of nitrogens with zero attached hydrogens (tertiary/aromatic N) is 2. The highest BCUT2D eigenvalue weighted by atomic mass is 79.9. The van der Waals surface area contributed by atoms with Crippen LogP contribution in [0.3, 0.4) is 0 Å². The third-order valence-corrected chi connectivity index (χ3v) is 4.59. The highest BCUT2D eigenvalue weighted by Crippen LogP contribution is 2.28. The van der Waals surface area contributed by atoms with Crippen LogP contribution in [0.2, 0.25) is 0 Å². The zero-order valence-electron chi connectivity index (χ0n) is 11.6. The summed E-state index contributed by atoms with van der Waals surface area (Å²) in [7, 11) is 3.72. The Morgan fingerprint density at radius 2 is 2.10 bits per heavy atom. The molecule has 106 valence electrons. The van der Waals surface area contributed by atoms with Gasteiger partial charge in [-0.05, 0) is 53.4 Å². The summed E-state index contributed by atoms with van der Waals surface area (Å²) in [6.07, 6.45) is 8.25. The Morgan fingerprint density at radius 1 is 1.35 bits per heavy atom. The molecular formula is C15H17BrN2OS. The van der Waals surface area contributed by atoms with E-state index in [1.165, 1.54) is 0 Å². The van der Waals surface area contributed by atoms with Gasteiger partial charge in [-0.3, -0.25) is 4.79 Å². The maximum Gasteiger partial charge on any atom is 0.185 e. The fourth-order valence-electron chi connectivity index (χ4n) is 2.03. The highest BCUT2D eigenvalue weighted by Gasteiger charge is 2.20. The molecule has 0 saturated heterocycles. The van der Waals surface area contributed by atoms with E-state index in [0.717, 1.165) is 39.8 Å². The molecule has 0 aliphatic heterocycles. The van der Waals surface area contributed by atoms with E-state index in [1.807, 2.05) is 37.7 Å². The second-order valence-corrected chi connectivity index (χ2v) is 6.68. The SMILES string of the molecule is CN(C)/N=C/C=C1\CCC/C(=C\c2cc(Br)cs2)C1=O. The summed E-state index contributed by atoms with van der Waals surface area (Å²) in [5.74, 6) is 0.158. The van der Waals surface area contributed by atoms with E-state index in [-0.39, 0.29) is 5.78 Å². The number of Topliss-reactive ketones (excluding diaryl/α,β-unsaturated/α-hetero) is 1. The van der Waals surface area contributed by atoms with Crippen LogP contribution in [-0.2, 0) is 4.79 Å². The molecule has 0 aromatic carbocycles. The number of hydrogen-bond acceptors (Lipinski definition) is 4. The molecule has 0 spiro atoms. The molecular weight excluding hydrogens is 336 g/mol. The van der Waals surface area contributed by atoms with Crippen LogP contribution in [-0.4, -0.2) is 31.1 Å². The molecule has 1 fully saturated rings. The lowest BCUT2D eigenvalue weighted by atomic mass is 9.88. The van der Waals surface area contributed by atoms with Gasteiger partial charge in [-0.1, -0.05) is 0 Å². The van der Waals surface area contributed by atoms with Crippen molar-refractivity contribution in [2.75, 3.05) is 14.1 Å². The van der Waals surface area contributed by atoms with Crippen molar-refractivity contribution in [1.82, 2.24) is 5.01 Å². The fraction of sp³-hybridized carbons (Fsp3) is 0.333. The minimum Gasteiger partial charge on any atom is -0.303 e. The van der Waals surface area contributed by atoms with Crippen molar-refractivity contribution >= 4 is 45.3 Å². The molecule has 5 heteroatoms. The zero-order valence-corrected chi connectivity index (χ0v) is 14.0. The Kier molecular flexibility index (Phi) is 5.31. The van der Waals surface area contributed by atoms with Crippen LogP contribution in [0.15, 0.2) is 38.2 Å². The van der Waals surface area contributed by atoms with Crippen molar-refractivity contribution in [2.24, 2.45) is 5.10 Å². The van der Waals surface area contributed by atoms with Crippen molar-refractivity contribution in [3.8, 4) is 0 Å². The Morgan fingerprint density at radius 3 is 2.75 bits per heavy atom. The van der Waals surface area contributed by atoms with E-state index < -0.39 is 0 Å². The number of halogens is 1. The molecule has 0 atom stereocenters. The van der Waals surface area contributed by atoms with Crippen molar-refractivity contribution < 1.29 is 4.79 Å². The van der Waals surface area contributed by atoms with Gasteiger partial charge in [0.1, 0.15) is 0 Å². The summed E-state index contributed by atoms with van der Waals surface area (Å²) >= 11 is 5.07. The van der Waals surface area contributed by atoms with Crippen LogP contribution in [0.5, 0.6) is 0 Å². The summed E-state index contributed by atoms with van der Waals surface area (Å²) in [6.45, 7) is 0. The van der Waals surface area contributed by atoms with Gasteiger partial charge in [0.15, 0.2) is 5.78 Å². The average Bonchev–Trinajstić information content (AvgIpc) is 2.79. The topological polar surface area (TPSA) is 32.7 Å². The number of thiophene rings is 1. The van der Waals surface area contributed by atoms with E-state index in [0.29, 0.717) is 0 Å². The number of hydrogen-bond donors (Lipinski definition) is 0. The number of ketones is 1. The average molecular weight is 353 g/mol. The first-order valence-corrected chi connectivity index (χ1v) is 8.13. The van der Waals surface area contributed by atoms with E-state index in [2.05, 4.69) is 21.0 Å². The molecule has 1 aliphatic rings. The first-order valence-electron chi connectivity index (χ1n) is 6.46. The molecule has 20 heavy (non-hydrogen) atoms. The van der Waals surface area contributed by atoms with Gasteiger partial charge in [-0.2, -0.15) is 5.10 Å². The summed E-state index contributed by atoms with van der Waals surface area (Å²) in [4.78, 5) is 13.5. The number of carbonyl (C=O) groups is 1. The molecule has 1 aromatic rings. The maximum atomic E-state index is 12.4. The molecule has 1 aliphatic carbocycles. The Bertz CT molecular complexity index is 584. The lowest BCUT2D eigenvalue weighted by Gasteiger charge is -2.15. The van der Waals surface area contributed by atoms with Crippen molar-refractivity contribution in [3.63, 3.8) is 0 Å². The lowest BCUT2D eigenvalue weighted by molar-refractivity contribution is -0.112. The van der Waals surface area contributed by atoms with E-state index in [1.54, 1.807) is 22.6 Å². The van der Waals surface area contributed by atoms with Crippen LogP contribution in [0.1, 0.15) is 24.1 Å². The Hall–Kier alpha value is -1.20. The Balaban J connectivity index is 2.16. The van der Waals surface area contributed by atoms with Crippen LogP contribution < -0.4 is 0 Å². The normalized spacial score (nSPS) is 20.2. The van der Waals surface area contributed by atoms with Gasteiger partial charge in [0.25, 0.3) is 0 Å². The molecule has 3 nitrogen and oxygen atoms in total. The van der Waals surface area contributed by atoms with Crippen LogP contribution in [0.4, 0.5) is 0 Å². The largest absolute Gasteiger partial charge is 0.303 e. The standard InChI is InChI=1S/C15H17BrN2OS/c1-18(2)17-7-6-11-4-3-5-12(15(11)19)8-14-9-13(16)10-20-14/h6-10H,3-5H2,1-2H3/b11-6+,12-8+,17-7+. The zero-order chi connectivity index (χ0) is 14.5. The Labute approximate surface area is 131 Å². The first-order chi connectivity index (χ1) is 9.56. The lowest BCUT2D eigenvalue weighted by Crippen LogP contribution is -2.12. The monoisotopic (exact) mass is 352 g/mol. The highest BCUT2D eigenvalue weighted by molar-refractivity contribution is 9.10. The molecule has 1 saturated carbocycles. The third kappa shape index (κ3) is 4.15. The van der Waals surface area contributed by atoms with Gasteiger partial charge in [-0.25, -0.2) is 0 Å². The van der Waals surface area contributed by atoms with Gasteiger partial charge in [0.05, 0.1) is 0 Å². The molecule has 0 bridgehead atoms. The first kappa shape index (κ1) is 15.2. The van der Waals surface area contributed by atoms with Crippen LogP contribution in [0, 0.1) is 0 Å².